The average molecular weight is 348 g/mol. The zero-order chi connectivity index (χ0) is 14.3. The molecule has 2 heterocycles. The monoisotopic (exact) mass is 347 g/mol. The number of halogens is 1. The van der Waals surface area contributed by atoms with Crippen LogP contribution in [0, 0.1) is 11.3 Å². The lowest BCUT2D eigenvalue weighted by Crippen LogP contribution is -2.20. The van der Waals surface area contributed by atoms with Crippen LogP contribution in [-0.4, -0.2) is 0 Å². The Morgan fingerprint density at radius 3 is 2.70 bits per heavy atom. The number of fused-ring (bicyclic) bond motifs is 1. The van der Waals surface area contributed by atoms with Crippen LogP contribution in [0.15, 0.2) is 45.6 Å². The van der Waals surface area contributed by atoms with E-state index in [2.05, 4.69) is 22.0 Å². The van der Waals surface area contributed by atoms with E-state index < -0.39 is 0 Å². The highest BCUT2D eigenvalue weighted by atomic mass is 79.9. The summed E-state index contributed by atoms with van der Waals surface area (Å²) in [5.41, 5.74) is 13.6. The summed E-state index contributed by atoms with van der Waals surface area (Å²) >= 11 is 5.02. The molecule has 0 saturated heterocycles. The van der Waals surface area contributed by atoms with Gasteiger partial charge >= 0.3 is 0 Å². The van der Waals surface area contributed by atoms with E-state index in [4.69, 9.17) is 16.2 Å². The number of benzene rings is 1. The first-order valence-corrected chi connectivity index (χ1v) is 7.43. The van der Waals surface area contributed by atoms with Crippen LogP contribution in [0.2, 0.25) is 0 Å². The van der Waals surface area contributed by atoms with Crippen LogP contribution in [-0.2, 0) is 0 Å². The molecule has 6 heteroatoms. The molecule has 0 radical (unpaired) electrons. The molecular weight excluding hydrogens is 338 g/mol. The van der Waals surface area contributed by atoms with Gasteiger partial charge in [-0.25, -0.2) is 0 Å². The van der Waals surface area contributed by atoms with E-state index in [0.717, 1.165) is 14.2 Å². The van der Waals surface area contributed by atoms with Crippen molar-refractivity contribution in [2.45, 2.75) is 5.92 Å². The summed E-state index contributed by atoms with van der Waals surface area (Å²) in [7, 11) is 0. The van der Waals surface area contributed by atoms with Gasteiger partial charge in [0.05, 0.1) is 9.70 Å². The number of thiophene rings is 1. The predicted molar refractivity (Wildman–Crippen MR) is 82.2 cm³/mol. The van der Waals surface area contributed by atoms with E-state index in [1.807, 2.05) is 18.2 Å². The fourth-order valence-electron chi connectivity index (χ4n) is 2.25. The Kier molecular flexibility index (Phi) is 3.16. The van der Waals surface area contributed by atoms with Crippen LogP contribution in [0.1, 0.15) is 16.4 Å². The molecule has 2 aromatic rings. The molecule has 4 N–H and O–H groups in total. The Hall–Kier alpha value is -1.97. The molecule has 0 saturated carbocycles. The van der Waals surface area contributed by atoms with Gasteiger partial charge in [-0.05, 0) is 34.1 Å². The largest absolute Gasteiger partial charge is 0.440 e. The van der Waals surface area contributed by atoms with Gasteiger partial charge < -0.3 is 16.2 Å². The second-order valence-corrected chi connectivity index (χ2v) is 6.86. The number of hydrogen-bond donors (Lipinski definition) is 2. The van der Waals surface area contributed by atoms with Crippen molar-refractivity contribution >= 4 is 33.0 Å². The summed E-state index contributed by atoms with van der Waals surface area (Å²) < 4.78 is 6.53. The summed E-state index contributed by atoms with van der Waals surface area (Å²) in [4.78, 5) is 1.03. The van der Waals surface area contributed by atoms with E-state index in [1.165, 1.54) is 0 Å². The first-order chi connectivity index (χ1) is 9.60. The summed E-state index contributed by atoms with van der Waals surface area (Å²) in [6.45, 7) is 0. The third-order valence-electron chi connectivity index (χ3n) is 3.12. The molecule has 1 atom stereocenters. The summed E-state index contributed by atoms with van der Waals surface area (Å²) in [5, 5.41) is 9.38. The maximum atomic E-state index is 9.38. The quantitative estimate of drug-likeness (QED) is 0.775. The van der Waals surface area contributed by atoms with Crippen molar-refractivity contribution in [1.29, 1.82) is 5.26 Å². The molecule has 4 nitrogen and oxygen atoms in total. The van der Waals surface area contributed by atoms with E-state index >= 15 is 0 Å². The molecule has 100 valence electrons. The van der Waals surface area contributed by atoms with Crippen LogP contribution in [0.5, 0.6) is 5.75 Å². The number of allylic oxidation sites excluding steroid dienone is 1. The number of anilines is 1. The average Bonchev–Trinajstić information content (AvgIpc) is 2.83. The highest BCUT2D eigenvalue weighted by Gasteiger charge is 2.31. The van der Waals surface area contributed by atoms with Crippen LogP contribution >= 0.6 is 27.3 Å². The molecule has 20 heavy (non-hydrogen) atoms. The van der Waals surface area contributed by atoms with Crippen LogP contribution in [0.25, 0.3) is 0 Å². The van der Waals surface area contributed by atoms with E-state index in [0.29, 0.717) is 17.0 Å². The summed E-state index contributed by atoms with van der Waals surface area (Å²) in [5.74, 6) is 0.539. The Balaban J connectivity index is 2.22. The molecule has 1 unspecified atom stereocenters. The molecule has 0 fully saturated rings. The lowest BCUT2D eigenvalue weighted by molar-refractivity contribution is 0.394. The summed E-state index contributed by atoms with van der Waals surface area (Å²) in [6.07, 6.45) is 0. The van der Waals surface area contributed by atoms with Gasteiger partial charge in [0.2, 0.25) is 5.88 Å². The topological polar surface area (TPSA) is 85.1 Å². The van der Waals surface area contributed by atoms with Gasteiger partial charge in [-0.2, -0.15) is 5.26 Å². The van der Waals surface area contributed by atoms with Gasteiger partial charge in [0.15, 0.2) is 0 Å². The van der Waals surface area contributed by atoms with Gasteiger partial charge in [0, 0.05) is 22.2 Å². The Morgan fingerprint density at radius 2 is 2.05 bits per heavy atom. The fraction of sp³-hybridized carbons (Fsp3) is 0.0714. The lowest BCUT2D eigenvalue weighted by Gasteiger charge is -2.25. The number of rotatable bonds is 1. The lowest BCUT2D eigenvalue weighted by atomic mass is 9.88. The third-order valence-corrected chi connectivity index (χ3v) is 4.81. The molecule has 1 aromatic heterocycles. The smallest absolute Gasteiger partial charge is 0.205 e. The van der Waals surface area contributed by atoms with Gasteiger partial charge in [-0.15, -0.1) is 11.3 Å². The highest BCUT2D eigenvalue weighted by molar-refractivity contribution is 9.11. The molecule has 1 aliphatic rings. The third kappa shape index (κ3) is 2.05. The number of hydrogen-bond acceptors (Lipinski definition) is 5. The van der Waals surface area contributed by atoms with Crippen molar-refractivity contribution in [3.8, 4) is 11.8 Å². The van der Waals surface area contributed by atoms with Gasteiger partial charge in [0.1, 0.15) is 17.4 Å². The Labute approximate surface area is 128 Å². The van der Waals surface area contributed by atoms with Crippen LogP contribution < -0.4 is 16.2 Å². The Bertz CT molecular complexity index is 760. The minimum Gasteiger partial charge on any atom is -0.440 e. The van der Waals surface area contributed by atoms with Gasteiger partial charge in [-0.3, -0.25) is 0 Å². The summed E-state index contributed by atoms with van der Waals surface area (Å²) in [6, 6.07) is 11.5. The highest BCUT2D eigenvalue weighted by Crippen LogP contribution is 2.45. The number of nitrogens with two attached hydrogens (primary N) is 2. The molecule has 0 aliphatic carbocycles. The minimum absolute atomic E-state index is 0.139. The second kappa shape index (κ2) is 4.85. The van der Waals surface area contributed by atoms with Crippen molar-refractivity contribution in [2.24, 2.45) is 5.73 Å². The molecule has 1 aromatic carbocycles. The normalized spacial score (nSPS) is 17.3. The van der Waals surface area contributed by atoms with E-state index in [9.17, 15) is 5.26 Å². The van der Waals surface area contributed by atoms with Crippen molar-refractivity contribution in [2.75, 3.05) is 5.73 Å². The van der Waals surface area contributed by atoms with E-state index in [-0.39, 0.29) is 11.8 Å². The van der Waals surface area contributed by atoms with Crippen molar-refractivity contribution in [3.63, 3.8) is 0 Å². The van der Waals surface area contributed by atoms with Crippen LogP contribution in [0.3, 0.4) is 0 Å². The van der Waals surface area contributed by atoms with Crippen LogP contribution in [0.4, 0.5) is 5.69 Å². The number of nitriles is 1. The predicted octanol–water partition coefficient (Wildman–Crippen LogP) is 3.31. The van der Waals surface area contributed by atoms with Crippen molar-refractivity contribution in [1.82, 2.24) is 0 Å². The number of nitrogens with zero attached hydrogens (tertiary/aromatic N) is 1. The van der Waals surface area contributed by atoms with Gasteiger partial charge in [0.25, 0.3) is 0 Å². The zero-order valence-corrected chi connectivity index (χ0v) is 12.7. The molecule has 0 amide bonds. The van der Waals surface area contributed by atoms with Gasteiger partial charge in [-0.1, -0.05) is 6.07 Å². The number of nitrogen functional groups attached to an aromatic ring is 1. The SMILES string of the molecule is N#CC1=C(N)Oc2cc(N)ccc2C1c1ccc(Br)s1. The molecule has 0 bridgehead atoms. The minimum atomic E-state index is -0.208. The van der Waals surface area contributed by atoms with Crippen molar-refractivity contribution < 1.29 is 4.74 Å². The van der Waals surface area contributed by atoms with E-state index in [1.54, 1.807) is 23.5 Å². The zero-order valence-electron chi connectivity index (χ0n) is 10.3. The first-order valence-electron chi connectivity index (χ1n) is 5.82. The van der Waals surface area contributed by atoms with Crippen molar-refractivity contribution in [3.05, 3.63) is 56.0 Å². The molecule has 0 spiro atoms. The molecule has 3 rings (SSSR count). The maximum Gasteiger partial charge on any atom is 0.205 e. The fourth-order valence-corrected chi connectivity index (χ4v) is 3.80. The standard InChI is InChI=1S/C14H10BrN3OS/c15-12-4-3-11(20-12)13-8-2-1-7(17)5-10(8)19-14(18)9(13)6-16/h1-5,13H,17-18H2. The first kappa shape index (κ1) is 13.0. The second-order valence-electron chi connectivity index (χ2n) is 4.36. The molecular formula is C14H10BrN3OS. The molecule has 1 aliphatic heterocycles. The maximum absolute atomic E-state index is 9.38. The Morgan fingerprint density at radius 1 is 1.25 bits per heavy atom. The number of ether oxygens (including phenoxy) is 1.